The molecule has 2 amide bonds. The van der Waals surface area contributed by atoms with Gasteiger partial charge in [0.2, 0.25) is 5.91 Å². The third-order valence-electron chi connectivity index (χ3n) is 5.98. The quantitative estimate of drug-likeness (QED) is 0.303. The second-order valence-electron chi connectivity index (χ2n) is 8.37. The Morgan fingerprint density at radius 1 is 1.16 bits per heavy atom. The number of anilines is 1. The van der Waals surface area contributed by atoms with Crippen molar-refractivity contribution in [3.05, 3.63) is 44.4 Å². The molecule has 0 spiro atoms. The van der Waals surface area contributed by atoms with Gasteiger partial charge in [0.1, 0.15) is 15.4 Å². The van der Waals surface area contributed by atoms with Crippen LogP contribution < -0.4 is 11.1 Å². The van der Waals surface area contributed by atoms with Gasteiger partial charge in [-0.1, -0.05) is 0 Å². The highest BCUT2D eigenvalue weighted by Gasteiger charge is 2.35. The first kappa shape index (κ1) is 26.8. The van der Waals surface area contributed by atoms with E-state index in [0.29, 0.717) is 29.1 Å². The van der Waals surface area contributed by atoms with Gasteiger partial charge in [0.25, 0.3) is 5.91 Å². The topological polar surface area (TPSA) is 121 Å². The predicted molar refractivity (Wildman–Crippen MR) is 137 cm³/mol. The summed E-state index contributed by atoms with van der Waals surface area (Å²) >= 11 is 4.15. The molecule has 0 saturated heterocycles. The van der Waals surface area contributed by atoms with Crippen molar-refractivity contribution in [2.45, 2.75) is 53.4 Å². The Morgan fingerprint density at radius 3 is 2.41 bits per heavy atom. The van der Waals surface area contributed by atoms with Crippen LogP contribution >= 0.6 is 27.3 Å². The zero-order valence-corrected chi connectivity index (χ0v) is 22.7. The number of nitrogens with one attached hydrogen (secondary N) is 1. The fraction of sp³-hybridized carbons (Fsp3) is 0.348. The van der Waals surface area contributed by atoms with Gasteiger partial charge >= 0.3 is 6.18 Å². The minimum absolute atomic E-state index is 0.000132. The van der Waals surface area contributed by atoms with E-state index in [2.05, 4.69) is 36.4 Å². The van der Waals surface area contributed by atoms with E-state index in [1.54, 1.807) is 16.3 Å². The Morgan fingerprint density at radius 2 is 1.86 bits per heavy atom. The first-order chi connectivity index (χ1) is 17.3. The second kappa shape index (κ2) is 9.89. The molecule has 0 fully saturated rings. The summed E-state index contributed by atoms with van der Waals surface area (Å²) in [5, 5.41) is 11.5. The van der Waals surface area contributed by atoms with Gasteiger partial charge in [-0.25, -0.2) is 4.98 Å². The lowest BCUT2D eigenvalue weighted by atomic mass is 10.0. The maximum atomic E-state index is 13.7. The molecule has 196 valence electrons. The van der Waals surface area contributed by atoms with Crippen LogP contribution in [0.2, 0.25) is 0 Å². The number of nitrogens with zero attached hydrogens (tertiary/aromatic N) is 5. The van der Waals surface area contributed by atoms with Crippen molar-refractivity contribution in [3.8, 4) is 11.1 Å². The Balaban J connectivity index is 1.83. The van der Waals surface area contributed by atoms with Gasteiger partial charge in [-0.05, 0) is 55.3 Å². The van der Waals surface area contributed by atoms with Crippen molar-refractivity contribution in [3.63, 3.8) is 0 Å². The summed E-state index contributed by atoms with van der Waals surface area (Å²) in [4.78, 5) is 28.9. The number of carbonyl (C=O) groups is 2. The summed E-state index contributed by atoms with van der Waals surface area (Å²) in [5.41, 5.74) is 7.30. The maximum absolute atomic E-state index is 13.7. The normalized spacial score (nSPS) is 11.9. The zero-order valence-electron chi connectivity index (χ0n) is 20.3. The molecule has 0 saturated carbocycles. The third-order valence-corrected chi connectivity index (χ3v) is 8.22. The molecular weight excluding hydrogens is 575 g/mol. The zero-order chi connectivity index (χ0) is 27.2. The number of primary amides is 1. The number of aryl methyl sites for hydroxylation is 3. The summed E-state index contributed by atoms with van der Waals surface area (Å²) in [6.45, 7) is 8.04. The molecule has 4 rings (SSSR count). The molecule has 4 heterocycles. The van der Waals surface area contributed by atoms with Gasteiger partial charge in [0, 0.05) is 35.3 Å². The molecule has 0 aliphatic carbocycles. The fourth-order valence-electron chi connectivity index (χ4n) is 4.08. The van der Waals surface area contributed by atoms with Crippen molar-refractivity contribution in [2.24, 2.45) is 5.73 Å². The SMILES string of the molecule is CCn1ncc(-c2cc(C(F)(F)F)nc3sc(C(N)=O)c(NC(=O)CCn4nc(C)c(Br)c4C)c23)c1C. The molecule has 3 N–H and O–H groups in total. The van der Waals surface area contributed by atoms with Crippen molar-refractivity contribution >= 4 is 55.0 Å². The first-order valence-electron chi connectivity index (χ1n) is 11.2. The molecule has 0 atom stereocenters. The molecule has 4 aromatic rings. The number of carbonyl (C=O) groups excluding carboxylic acids is 2. The monoisotopic (exact) mass is 597 g/mol. The minimum Gasteiger partial charge on any atom is -0.365 e. The highest BCUT2D eigenvalue weighted by atomic mass is 79.9. The standard InChI is InChI=1S/C23H23BrF3N7O2S/c1-5-33-11(3)14(9-29-33)13-8-15(23(25,26)27)30-22-17(13)19(20(37-22)21(28)36)31-16(35)6-7-34-12(4)18(24)10(2)32-34/h8-9H,5-7H2,1-4H3,(H2,28,36)(H,31,35). The highest BCUT2D eigenvalue weighted by molar-refractivity contribution is 9.10. The Kier molecular flexibility index (Phi) is 7.16. The summed E-state index contributed by atoms with van der Waals surface area (Å²) in [6, 6.07) is 0.910. The van der Waals surface area contributed by atoms with Crippen LogP contribution in [0.15, 0.2) is 16.7 Å². The molecule has 9 nitrogen and oxygen atoms in total. The number of rotatable bonds is 7. The van der Waals surface area contributed by atoms with Gasteiger partial charge in [-0.2, -0.15) is 23.4 Å². The number of hydrogen-bond donors (Lipinski definition) is 2. The number of alkyl halides is 3. The molecule has 14 heteroatoms. The van der Waals surface area contributed by atoms with Gasteiger partial charge in [-0.3, -0.25) is 19.0 Å². The molecular formula is C23H23BrF3N7O2S. The molecule has 37 heavy (non-hydrogen) atoms. The number of amides is 2. The van der Waals surface area contributed by atoms with E-state index in [1.807, 2.05) is 20.8 Å². The molecule has 0 aromatic carbocycles. The lowest BCUT2D eigenvalue weighted by Gasteiger charge is -2.12. The minimum atomic E-state index is -4.73. The van der Waals surface area contributed by atoms with Gasteiger partial charge in [0.15, 0.2) is 0 Å². The molecule has 4 aromatic heterocycles. The van der Waals surface area contributed by atoms with E-state index in [4.69, 9.17) is 5.73 Å². The van der Waals surface area contributed by atoms with Crippen molar-refractivity contribution < 1.29 is 22.8 Å². The van der Waals surface area contributed by atoms with E-state index < -0.39 is 23.7 Å². The van der Waals surface area contributed by atoms with E-state index in [-0.39, 0.29) is 39.3 Å². The van der Waals surface area contributed by atoms with E-state index in [0.717, 1.165) is 21.9 Å². The van der Waals surface area contributed by atoms with Gasteiger partial charge < -0.3 is 11.1 Å². The van der Waals surface area contributed by atoms with Crippen LogP contribution in [0.5, 0.6) is 0 Å². The van der Waals surface area contributed by atoms with Crippen molar-refractivity contribution in [1.82, 2.24) is 24.5 Å². The van der Waals surface area contributed by atoms with Gasteiger partial charge in [0.05, 0.1) is 28.6 Å². The lowest BCUT2D eigenvalue weighted by Crippen LogP contribution is -2.18. The first-order valence-corrected chi connectivity index (χ1v) is 12.8. The van der Waals surface area contributed by atoms with Crippen LogP contribution in [0.3, 0.4) is 0 Å². The summed E-state index contributed by atoms with van der Waals surface area (Å²) in [5.74, 6) is -1.35. The number of fused-ring (bicyclic) bond motifs is 1. The maximum Gasteiger partial charge on any atom is 0.433 e. The average molecular weight is 598 g/mol. The Hall–Kier alpha value is -3.26. The van der Waals surface area contributed by atoms with E-state index in [9.17, 15) is 22.8 Å². The highest BCUT2D eigenvalue weighted by Crippen LogP contribution is 2.44. The largest absolute Gasteiger partial charge is 0.433 e. The molecule has 0 bridgehead atoms. The number of pyridine rings is 1. The summed E-state index contributed by atoms with van der Waals surface area (Å²) < 4.78 is 45.3. The summed E-state index contributed by atoms with van der Waals surface area (Å²) in [6.07, 6.45) is -3.27. The van der Waals surface area contributed by atoms with Crippen molar-refractivity contribution in [1.29, 1.82) is 0 Å². The number of hydrogen-bond acceptors (Lipinski definition) is 6. The molecule has 0 unspecified atom stereocenters. The predicted octanol–water partition coefficient (Wildman–Crippen LogP) is 5.21. The summed E-state index contributed by atoms with van der Waals surface area (Å²) in [7, 11) is 0. The van der Waals surface area contributed by atoms with Crippen molar-refractivity contribution in [2.75, 3.05) is 5.32 Å². The van der Waals surface area contributed by atoms with Crippen LogP contribution in [0.1, 0.15) is 45.8 Å². The number of nitrogens with two attached hydrogens (primary N) is 1. The molecule has 0 aliphatic heterocycles. The van der Waals surface area contributed by atoms with Gasteiger partial charge in [-0.15, -0.1) is 11.3 Å². The molecule has 0 radical (unpaired) electrons. The Labute approximate surface area is 222 Å². The average Bonchev–Trinajstić information content (AvgIpc) is 3.46. The smallest absolute Gasteiger partial charge is 0.365 e. The molecule has 0 aliphatic rings. The number of aromatic nitrogens is 5. The fourth-order valence-corrected chi connectivity index (χ4v) is 5.37. The van der Waals surface area contributed by atoms with Crippen LogP contribution in [0, 0.1) is 20.8 Å². The third kappa shape index (κ3) is 4.99. The van der Waals surface area contributed by atoms with E-state index in [1.165, 1.54) is 6.20 Å². The second-order valence-corrected chi connectivity index (χ2v) is 10.2. The number of halogens is 4. The van der Waals surface area contributed by atoms with Crippen LogP contribution in [0.25, 0.3) is 21.3 Å². The van der Waals surface area contributed by atoms with E-state index >= 15 is 0 Å². The number of thiophene rings is 1. The van der Waals surface area contributed by atoms with Crippen LogP contribution in [-0.4, -0.2) is 36.4 Å². The van der Waals surface area contributed by atoms with Crippen LogP contribution in [0.4, 0.5) is 18.9 Å². The Bertz CT molecular complexity index is 1540. The van der Waals surface area contributed by atoms with Crippen LogP contribution in [-0.2, 0) is 24.1 Å². The lowest BCUT2D eigenvalue weighted by molar-refractivity contribution is -0.140.